The zero-order valence-corrected chi connectivity index (χ0v) is 15.1. The second-order valence-electron chi connectivity index (χ2n) is 5.25. The molecule has 7 heteroatoms. The highest BCUT2D eigenvalue weighted by molar-refractivity contribution is 9.10. The van der Waals surface area contributed by atoms with Crippen LogP contribution in [0.2, 0.25) is 0 Å². The van der Waals surface area contributed by atoms with Gasteiger partial charge >= 0.3 is 0 Å². The summed E-state index contributed by atoms with van der Waals surface area (Å²) in [5, 5.41) is 0. The molecule has 0 aliphatic carbocycles. The van der Waals surface area contributed by atoms with E-state index < -0.39 is 9.05 Å². The molecule has 0 radical (unpaired) electrons. The van der Waals surface area contributed by atoms with Gasteiger partial charge in [-0.25, -0.2) is 8.42 Å². The van der Waals surface area contributed by atoms with Crippen LogP contribution in [0.3, 0.4) is 0 Å². The van der Waals surface area contributed by atoms with Crippen molar-refractivity contribution in [3.8, 4) is 0 Å². The Kier molecular flexibility index (Phi) is 5.00. The lowest BCUT2D eigenvalue weighted by Crippen LogP contribution is -2.35. The number of aryl methyl sites for hydroxylation is 1. The van der Waals surface area contributed by atoms with Gasteiger partial charge in [0.1, 0.15) is 0 Å². The maximum atomic E-state index is 12.6. The summed E-state index contributed by atoms with van der Waals surface area (Å²) >= 11 is 3.22. The van der Waals surface area contributed by atoms with Crippen molar-refractivity contribution in [3.63, 3.8) is 0 Å². The molecule has 1 aliphatic rings. The molecule has 0 N–H and O–H groups in total. The van der Waals surface area contributed by atoms with Gasteiger partial charge in [0, 0.05) is 33.3 Å². The second-order valence-corrected chi connectivity index (χ2v) is 8.57. The van der Waals surface area contributed by atoms with E-state index in [0.717, 1.165) is 25.8 Å². The van der Waals surface area contributed by atoms with E-state index in [1.807, 2.05) is 4.90 Å². The van der Waals surface area contributed by atoms with E-state index in [1.165, 1.54) is 6.07 Å². The van der Waals surface area contributed by atoms with Crippen molar-refractivity contribution in [2.45, 2.75) is 44.0 Å². The minimum atomic E-state index is -3.90. The summed E-state index contributed by atoms with van der Waals surface area (Å²) in [5.41, 5.74) is 1.04. The highest BCUT2D eigenvalue weighted by atomic mass is 79.9. The molecule has 2 rings (SSSR count). The fourth-order valence-electron chi connectivity index (χ4n) is 2.73. The van der Waals surface area contributed by atoms with E-state index in [2.05, 4.69) is 22.9 Å². The fourth-order valence-corrected chi connectivity index (χ4v) is 4.89. The van der Waals surface area contributed by atoms with E-state index in [-0.39, 0.29) is 16.8 Å². The Bertz CT molecular complexity index is 675. The standard InChI is InChI=1S/C14H17BrClNO3S/c1-3-11-5-4-6-17(11)14(18)10-7-9(2)13(15)12(8-10)21(16,19)20/h7-8,11H,3-6H2,1-2H3. The minimum absolute atomic E-state index is 0.0558. The molecule has 21 heavy (non-hydrogen) atoms. The van der Waals surface area contributed by atoms with Crippen molar-refractivity contribution in [2.75, 3.05) is 6.54 Å². The van der Waals surface area contributed by atoms with E-state index in [1.54, 1.807) is 13.0 Å². The number of amides is 1. The first kappa shape index (κ1) is 16.8. The van der Waals surface area contributed by atoms with Gasteiger partial charge < -0.3 is 4.90 Å². The monoisotopic (exact) mass is 393 g/mol. The summed E-state index contributed by atoms with van der Waals surface area (Å²) in [7, 11) is 1.55. The van der Waals surface area contributed by atoms with Crippen LogP contribution >= 0.6 is 26.6 Å². The molecule has 1 aromatic carbocycles. The average Bonchev–Trinajstić information content (AvgIpc) is 2.87. The van der Waals surface area contributed by atoms with Gasteiger partial charge in [0.05, 0.1) is 4.90 Å². The summed E-state index contributed by atoms with van der Waals surface area (Å²) in [6.07, 6.45) is 2.89. The van der Waals surface area contributed by atoms with E-state index >= 15 is 0 Å². The lowest BCUT2D eigenvalue weighted by molar-refractivity contribution is 0.0733. The molecule has 1 aliphatic heterocycles. The molecule has 0 spiro atoms. The van der Waals surface area contributed by atoms with Crippen LogP contribution < -0.4 is 0 Å². The number of likely N-dealkylation sites (tertiary alicyclic amines) is 1. The molecule has 1 fully saturated rings. The molecule has 1 heterocycles. The zero-order chi connectivity index (χ0) is 15.8. The predicted octanol–water partition coefficient (Wildman–Crippen LogP) is 3.70. The molecule has 0 aromatic heterocycles. The van der Waals surface area contributed by atoms with Crippen molar-refractivity contribution in [1.82, 2.24) is 4.90 Å². The number of nitrogens with zero attached hydrogens (tertiary/aromatic N) is 1. The highest BCUT2D eigenvalue weighted by Gasteiger charge is 2.29. The first-order valence-corrected chi connectivity index (χ1v) is 9.91. The second kappa shape index (κ2) is 6.26. The molecule has 0 bridgehead atoms. The molecule has 0 saturated carbocycles. The van der Waals surface area contributed by atoms with Gasteiger partial charge in [0.2, 0.25) is 0 Å². The predicted molar refractivity (Wildman–Crippen MR) is 86.3 cm³/mol. The Labute approximate surface area is 138 Å². The van der Waals surface area contributed by atoms with Crippen LogP contribution in [0.25, 0.3) is 0 Å². The maximum absolute atomic E-state index is 12.6. The number of carbonyl (C=O) groups is 1. The van der Waals surface area contributed by atoms with Crippen LogP contribution in [0.15, 0.2) is 21.5 Å². The Morgan fingerprint density at radius 1 is 1.48 bits per heavy atom. The number of carbonyl (C=O) groups excluding carboxylic acids is 1. The summed E-state index contributed by atoms with van der Waals surface area (Å²) in [4.78, 5) is 14.4. The van der Waals surface area contributed by atoms with Gasteiger partial charge in [0.15, 0.2) is 0 Å². The smallest absolute Gasteiger partial charge is 0.262 e. The van der Waals surface area contributed by atoms with Crippen LogP contribution in [-0.4, -0.2) is 31.8 Å². The van der Waals surface area contributed by atoms with Crippen LogP contribution in [0.5, 0.6) is 0 Å². The quantitative estimate of drug-likeness (QED) is 0.735. The third kappa shape index (κ3) is 3.43. The van der Waals surface area contributed by atoms with Crippen molar-refractivity contribution in [1.29, 1.82) is 0 Å². The van der Waals surface area contributed by atoms with Crippen molar-refractivity contribution >= 4 is 41.6 Å². The van der Waals surface area contributed by atoms with Crippen LogP contribution in [0, 0.1) is 6.92 Å². The maximum Gasteiger partial charge on any atom is 0.262 e. The van der Waals surface area contributed by atoms with E-state index in [0.29, 0.717) is 15.6 Å². The largest absolute Gasteiger partial charge is 0.336 e. The number of rotatable bonds is 3. The van der Waals surface area contributed by atoms with Crippen molar-refractivity contribution in [3.05, 3.63) is 27.7 Å². The Morgan fingerprint density at radius 3 is 2.71 bits per heavy atom. The Morgan fingerprint density at radius 2 is 2.14 bits per heavy atom. The normalized spacial score (nSPS) is 19.0. The number of benzene rings is 1. The van der Waals surface area contributed by atoms with Gasteiger partial charge in [-0.2, -0.15) is 0 Å². The van der Waals surface area contributed by atoms with Gasteiger partial charge in [-0.15, -0.1) is 0 Å². The first-order chi connectivity index (χ1) is 9.75. The lowest BCUT2D eigenvalue weighted by atomic mass is 10.1. The fraction of sp³-hybridized carbons (Fsp3) is 0.500. The molecule has 1 atom stereocenters. The molecule has 116 valence electrons. The molecular weight excluding hydrogens is 378 g/mol. The Balaban J connectivity index is 2.45. The Hall–Kier alpha value is -0.590. The topological polar surface area (TPSA) is 54.5 Å². The molecular formula is C14H17BrClNO3S. The van der Waals surface area contributed by atoms with Gasteiger partial charge in [0.25, 0.3) is 15.0 Å². The molecule has 1 amide bonds. The summed E-state index contributed by atoms with van der Waals surface area (Å²) in [6.45, 7) is 4.51. The van der Waals surface area contributed by atoms with Gasteiger partial charge in [-0.05, 0) is 59.8 Å². The SMILES string of the molecule is CCC1CCCN1C(=O)c1cc(C)c(Br)c(S(=O)(=O)Cl)c1. The molecule has 4 nitrogen and oxygen atoms in total. The third-order valence-electron chi connectivity index (χ3n) is 3.84. The highest BCUT2D eigenvalue weighted by Crippen LogP contribution is 2.31. The van der Waals surface area contributed by atoms with Gasteiger partial charge in [-0.3, -0.25) is 4.79 Å². The average molecular weight is 395 g/mol. The van der Waals surface area contributed by atoms with E-state index in [4.69, 9.17) is 10.7 Å². The van der Waals surface area contributed by atoms with Gasteiger partial charge in [-0.1, -0.05) is 6.92 Å². The zero-order valence-electron chi connectivity index (χ0n) is 11.9. The van der Waals surface area contributed by atoms with Crippen LogP contribution in [0.1, 0.15) is 42.1 Å². The molecule has 1 saturated heterocycles. The van der Waals surface area contributed by atoms with E-state index in [9.17, 15) is 13.2 Å². The third-order valence-corrected chi connectivity index (χ3v) is 6.50. The van der Waals surface area contributed by atoms with Crippen LogP contribution in [-0.2, 0) is 9.05 Å². The summed E-state index contributed by atoms with van der Waals surface area (Å²) in [5.74, 6) is -0.128. The number of halogens is 2. The van der Waals surface area contributed by atoms with Crippen molar-refractivity contribution in [2.24, 2.45) is 0 Å². The summed E-state index contributed by atoms with van der Waals surface area (Å²) < 4.78 is 23.7. The lowest BCUT2D eigenvalue weighted by Gasteiger charge is -2.24. The first-order valence-electron chi connectivity index (χ1n) is 6.81. The number of hydrogen-bond acceptors (Lipinski definition) is 3. The van der Waals surface area contributed by atoms with Crippen LogP contribution in [0.4, 0.5) is 0 Å². The minimum Gasteiger partial charge on any atom is -0.336 e. The number of hydrogen-bond donors (Lipinski definition) is 0. The van der Waals surface area contributed by atoms with Crippen molar-refractivity contribution < 1.29 is 13.2 Å². The molecule has 1 unspecified atom stereocenters. The molecule has 1 aromatic rings. The summed E-state index contributed by atoms with van der Waals surface area (Å²) in [6, 6.07) is 3.29.